The summed E-state index contributed by atoms with van der Waals surface area (Å²) in [6.07, 6.45) is 0.462. The van der Waals surface area contributed by atoms with Gasteiger partial charge in [-0.05, 0) is 43.7 Å². The van der Waals surface area contributed by atoms with Crippen LogP contribution in [0.15, 0.2) is 52.7 Å². The summed E-state index contributed by atoms with van der Waals surface area (Å²) in [5.74, 6) is 0. The molecule has 0 saturated carbocycles. The third kappa shape index (κ3) is 4.00. The van der Waals surface area contributed by atoms with Crippen molar-refractivity contribution < 1.29 is 4.92 Å². The van der Waals surface area contributed by atoms with E-state index < -0.39 is 4.92 Å². The molecule has 142 valence electrons. The van der Waals surface area contributed by atoms with Crippen molar-refractivity contribution in [3.05, 3.63) is 58.1 Å². The fraction of sp³-hybridized carbons (Fsp3) is 0.250. The zero-order valence-corrected chi connectivity index (χ0v) is 16.4. The smallest absolute Gasteiger partial charge is 0.352 e. The Morgan fingerprint density at radius 3 is 2.71 bits per heavy atom. The van der Waals surface area contributed by atoms with Gasteiger partial charge in [0.15, 0.2) is 5.69 Å². The predicted octanol–water partition coefficient (Wildman–Crippen LogP) is 6.27. The predicted molar refractivity (Wildman–Crippen MR) is 112 cm³/mol. The number of benzene rings is 2. The molecule has 0 spiro atoms. The van der Waals surface area contributed by atoms with E-state index in [1.165, 1.54) is 0 Å². The number of nitriles is 1. The Kier molecular flexibility index (Phi) is 5.96. The first kappa shape index (κ1) is 19.5. The first-order valence-electron chi connectivity index (χ1n) is 8.85. The second kappa shape index (κ2) is 8.59. The number of hydrogen-bond acceptors (Lipinski definition) is 7. The molecule has 0 bridgehead atoms. The van der Waals surface area contributed by atoms with Crippen LogP contribution >= 0.6 is 11.3 Å². The number of rotatable bonds is 7. The topological polar surface area (TPSA) is 94.9 Å². The maximum atomic E-state index is 11.4. The van der Waals surface area contributed by atoms with Crippen LogP contribution in [0.4, 0.5) is 22.1 Å². The van der Waals surface area contributed by atoms with E-state index in [1.807, 2.05) is 56.3 Å². The molecule has 0 amide bonds. The minimum Gasteiger partial charge on any atom is -0.371 e. The molecule has 0 atom stereocenters. The highest BCUT2D eigenvalue weighted by Gasteiger charge is 2.21. The number of nitro groups is 1. The van der Waals surface area contributed by atoms with E-state index in [2.05, 4.69) is 21.2 Å². The van der Waals surface area contributed by atoms with Crippen molar-refractivity contribution in [2.75, 3.05) is 18.0 Å². The molecule has 8 heteroatoms. The Morgan fingerprint density at radius 2 is 2.04 bits per heavy atom. The Balaban J connectivity index is 1.93. The third-order valence-corrected chi connectivity index (χ3v) is 5.51. The Hall–Kier alpha value is -3.31. The van der Waals surface area contributed by atoms with E-state index in [-0.39, 0.29) is 5.00 Å². The van der Waals surface area contributed by atoms with Crippen LogP contribution in [0.2, 0.25) is 0 Å². The maximum Gasteiger partial charge on any atom is 0.352 e. The zero-order valence-electron chi connectivity index (χ0n) is 15.6. The fourth-order valence-electron chi connectivity index (χ4n) is 2.95. The Morgan fingerprint density at radius 1 is 1.25 bits per heavy atom. The highest BCUT2D eigenvalue weighted by atomic mass is 32.1. The van der Waals surface area contributed by atoms with Crippen LogP contribution in [0.25, 0.3) is 10.1 Å². The molecular weight excluding hydrogens is 374 g/mol. The van der Waals surface area contributed by atoms with E-state index in [1.54, 1.807) is 0 Å². The minimum absolute atomic E-state index is 0.00659. The second-order valence-corrected chi connectivity index (χ2v) is 7.20. The lowest BCUT2D eigenvalue weighted by molar-refractivity contribution is -0.379. The molecule has 2 aromatic carbocycles. The maximum absolute atomic E-state index is 11.4. The lowest BCUT2D eigenvalue weighted by Crippen LogP contribution is -2.23. The quantitative estimate of drug-likeness (QED) is 0.268. The monoisotopic (exact) mass is 393 g/mol. The number of thiophene rings is 1. The number of nitrogens with zero attached hydrogens (tertiary/aromatic N) is 5. The highest BCUT2D eigenvalue weighted by molar-refractivity contribution is 7.22. The Bertz CT molecular complexity index is 1080. The second-order valence-electron chi connectivity index (χ2n) is 6.17. The number of azo groups is 1. The van der Waals surface area contributed by atoms with Gasteiger partial charge in [0.05, 0.1) is 23.1 Å². The first-order chi connectivity index (χ1) is 13.5. The van der Waals surface area contributed by atoms with Gasteiger partial charge in [-0.25, -0.2) is 0 Å². The highest BCUT2D eigenvalue weighted by Crippen LogP contribution is 2.44. The van der Waals surface area contributed by atoms with E-state index in [0.29, 0.717) is 24.3 Å². The average Bonchev–Trinajstić information content (AvgIpc) is 3.07. The fourth-order valence-corrected chi connectivity index (χ4v) is 3.90. The van der Waals surface area contributed by atoms with Crippen LogP contribution < -0.4 is 4.90 Å². The normalized spacial score (nSPS) is 11.0. The van der Waals surface area contributed by atoms with E-state index in [9.17, 15) is 10.1 Å². The average molecular weight is 393 g/mol. The van der Waals surface area contributed by atoms with Gasteiger partial charge in [-0.2, -0.15) is 5.26 Å². The summed E-state index contributed by atoms with van der Waals surface area (Å²) in [5.41, 5.74) is 2.88. The van der Waals surface area contributed by atoms with E-state index >= 15 is 0 Å². The molecule has 7 nitrogen and oxygen atoms in total. The molecule has 0 unspecified atom stereocenters. The van der Waals surface area contributed by atoms with Gasteiger partial charge in [0.25, 0.3) is 0 Å². The van der Waals surface area contributed by atoms with Crippen LogP contribution in [0, 0.1) is 28.4 Å². The molecule has 1 heterocycles. The molecule has 1 aromatic heterocycles. The largest absolute Gasteiger partial charge is 0.371 e. The summed E-state index contributed by atoms with van der Waals surface area (Å²) < 4.78 is 0.811. The molecule has 0 N–H and O–H groups in total. The van der Waals surface area contributed by atoms with Crippen LogP contribution in [0.3, 0.4) is 0 Å². The van der Waals surface area contributed by atoms with Gasteiger partial charge in [-0.3, -0.25) is 10.1 Å². The van der Waals surface area contributed by atoms with Crippen LogP contribution in [-0.4, -0.2) is 18.0 Å². The van der Waals surface area contributed by atoms with Crippen LogP contribution in [0.1, 0.15) is 18.9 Å². The molecule has 0 aliphatic carbocycles. The minimum atomic E-state index is -0.413. The van der Waals surface area contributed by atoms with Gasteiger partial charge in [0.1, 0.15) is 0 Å². The molecule has 0 aliphatic heterocycles. The summed E-state index contributed by atoms with van der Waals surface area (Å²) >= 11 is 1.10. The summed E-state index contributed by atoms with van der Waals surface area (Å²) in [5, 5.41) is 29.4. The number of fused-ring (bicyclic) bond motifs is 1. The molecule has 0 radical (unpaired) electrons. The lowest BCUT2D eigenvalue weighted by atomic mass is 10.1. The summed E-state index contributed by atoms with van der Waals surface area (Å²) in [4.78, 5) is 13.1. The summed E-state index contributed by atoms with van der Waals surface area (Å²) in [6.45, 7) is 5.44. The van der Waals surface area contributed by atoms with Gasteiger partial charge < -0.3 is 4.90 Å². The molecule has 0 saturated heterocycles. The molecule has 3 rings (SSSR count). The number of aryl methyl sites for hydroxylation is 1. The van der Waals surface area contributed by atoms with Crippen molar-refractivity contribution in [1.29, 1.82) is 5.26 Å². The van der Waals surface area contributed by atoms with Gasteiger partial charge in [-0.15, -0.1) is 10.2 Å². The van der Waals surface area contributed by atoms with Crippen molar-refractivity contribution in [2.24, 2.45) is 10.2 Å². The summed E-state index contributed by atoms with van der Waals surface area (Å²) in [6, 6.07) is 15.3. The van der Waals surface area contributed by atoms with Gasteiger partial charge >= 0.3 is 5.00 Å². The van der Waals surface area contributed by atoms with E-state index in [4.69, 9.17) is 5.26 Å². The molecular formula is C20H19N5O2S. The zero-order chi connectivity index (χ0) is 20.1. The molecule has 3 aromatic rings. The van der Waals surface area contributed by atoms with E-state index in [0.717, 1.165) is 39.2 Å². The summed E-state index contributed by atoms with van der Waals surface area (Å²) in [7, 11) is 0. The van der Waals surface area contributed by atoms with Gasteiger partial charge in [0.2, 0.25) is 0 Å². The molecule has 28 heavy (non-hydrogen) atoms. The Labute approximate surface area is 166 Å². The first-order valence-corrected chi connectivity index (χ1v) is 9.67. The SMILES string of the molecule is CCN(CCC#N)c1ccc(N=Nc2c([N+](=O)[O-])sc3ccccc23)c(C)c1. The van der Waals surface area contributed by atoms with Crippen LogP contribution in [0.5, 0.6) is 0 Å². The molecule has 0 aliphatic rings. The van der Waals surface area contributed by atoms with Gasteiger partial charge in [-0.1, -0.05) is 29.5 Å². The standard InChI is InChI=1S/C20H19N5O2S/c1-3-24(12-6-11-21)15-9-10-17(14(2)13-15)22-23-19-16-7-4-5-8-18(16)28-20(19)25(26)27/h4-5,7-10,13H,3,6,12H2,1-2H3. The third-order valence-electron chi connectivity index (χ3n) is 4.40. The van der Waals surface area contributed by atoms with Gasteiger partial charge in [0, 0.05) is 28.9 Å². The molecule has 0 fully saturated rings. The van der Waals surface area contributed by atoms with Crippen LogP contribution in [-0.2, 0) is 0 Å². The van der Waals surface area contributed by atoms with Crippen molar-refractivity contribution in [3.63, 3.8) is 0 Å². The van der Waals surface area contributed by atoms with Crippen molar-refractivity contribution in [2.45, 2.75) is 20.3 Å². The van der Waals surface area contributed by atoms with Crippen molar-refractivity contribution >= 4 is 43.5 Å². The number of anilines is 1. The van der Waals surface area contributed by atoms with Crippen molar-refractivity contribution in [3.8, 4) is 6.07 Å². The lowest BCUT2D eigenvalue weighted by Gasteiger charge is -2.22. The number of hydrogen-bond donors (Lipinski definition) is 0. The van der Waals surface area contributed by atoms with Crippen molar-refractivity contribution in [1.82, 2.24) is 0 Å².